The molecular formula is C15H20ClN3S. The Hall–Kier alpha value is -0.970. The van der Waals surface area contributed by atoms with Crippen molar-refractivity contribution in [2.24, 2.45) is 0 Å². The van der Waals surface area contributed by atoms with Gasteiger partial charge in [-0.2, -0.15) is 0 Å². The van der Waals surface area contributed by atoms with Gasteiger partial charge in [0.2, 0.25) is 0 Å². The first-order chi connectivity index (χ1) is 9.43. The van der Waals surface area contributed by atoms with Crippen LogP contribution in [-0.2, 0) is 11.8 Å². The first kappa shape index (κ1) is 15.4. The van der Waals surface area contributed by atoms with Crippen LogP contribution in [0.3, 0.4) is 0 Å². The fourth-order valence-electron chi connectivity index (χ4n) is 2.16. The topological polar surface area (TPSA) is 37.8 Å². The summed E-state index contributed by atoms with van der Waals surface area (Å²) in [5, 5.41) is 8.49. The molecule has 2 rings (SSSR count). The van der Waals surface area contributed by atoms with Crippen LogP contribution in [0.1, 0.15) is 42.9 Å². The second-order valence-electron chi connectivity index (χ2n) is 5.87. The average molecular weight is 310 g/mol. The highest BCUT2D eigenvalue weighted by Gasteiger charge is 2.26. The van der Waals surface area contributed by atoms with Crippen LogP contribution in [0.4, 0.5) is 0 Å². The van der Waals surface area contributed by atoms with Crippen molar-refractivity contribution in [1.29, 1.82) is 0 Å². The van der Waals surface area contributed by atoms with Gasteiger partial charge in [0.1, 0.15) is 0 Å². The molecule has 5 heteroatoms. The van der Waals surface area contributed by atoms with Crippen LogP contribution >= 0.6 is 23.1 Å². The van der Waals surface area contributed by atoms with Crippen LogP contribution in [0.2, 0.25) is 5.02 Å². The van der Waals surface area contributed by atoms with Gasteiger partial charge in [-0.1, -0.05) is 55.1 Å². The van der Waals surface area contributed by atoms with E-state index in [2.05, 4.69) is 41.7 Å². The van der Waals surface area contributed by atoms with Crippen molar-refractivity contribution in [3.05, 3.63) is 45.4 Å². The predicted molar refractivity (Wildman–Crippen MR) is 85.6 cm³/mol. The van der Waals surface area contributed by atoms with Crippen LogP contribution in [0, 0.1) is 0 Å². The molecule has 108 valence electrons. The molecule has 1 heterocycles. The average Bonchev–Trinajstić information content (AvgIpc) is 2.87. The van der Waals surface area contributed by atoms with Crippen LogP contribution in [0.15, 0.2) is 24.3 Å². The minimum atomic E-state index is -0.00207. The van der Waals surface area contributed by atoms with Gasteiger partial charge in [-0.15, -0.1) is 5.10 Å². The zero-order chi connectivity index (χ0) is 14.8. The molecule has 0 aliphatic rings. The van der Waals surface area contributed by atoms with Crippen LogP contribution < -0.4 is 5.32 Å². The Bertz CT molecular complexity index is 574. The molecule has 0 aliphatic heterocycles. The van der Waals surface area contributed by atoms with E-state index >= 15 is 0 Å². The van der Waals surface area contributed by atoms with Crippen molar-refractivity contribution >= 4 is 23.1 Å². The standard InChI is InChI=1S/C15H20ClN3S/c1-15(2,3)14-13(20-19-18-14)12(17-4)9-10-7-5-6-8-11(10)16/h5-8,12,17H,9H2,1-4H3. The number of aromatic nitrogens is 2. The van der Waals surface area contributed by atoms with Crippen molar-refractivity contribution in [2.75, 3.05) is 7.05 Å². The van der Waals surface area contributed by atoms with Crippen molar-refractivity contribution < 1.29 is 0 Å². The van der Waals surface area contributed by atoms with Crippen LogP contribution in [0.25, 0.3) is 0 Å². The summed E-state index contributed by atoms with van der Waals surface area (Å²) in [7, 11) is 1.97. The van der Waals surface area contributed by atoms with E-state index in [0.29, 0.717) is 0 Å². The Balaban J connectivity index is 2.30. The predicted octanol–water partition coefficient (Wildman–Crippen LogP) is 3.99. The number of nitrogens with one attached hydrogen (secondary N) is 1. The third-order valence-corrected chi connectivity index (χ3v) is 4.48. The molecule has 0 spiro atoms. The lowest BCUT2D eigenvalue weighted by Gasteiger charge is -2.21. The van der Waals surface area contributed by atoms with Crippen molar-refractivity contribution in [2.45, 2.75) is 38.6 Å². The fourth-order valence-corrected chi connectivity index (χ4v) is 3.34. The highest BCUT2D eigenvalue weighted by Crippen LogP contribution is 2.32. The van der Waals surface area contributed by atoms with Gasteiger partial charge in [0.25, 0.3) is 0 Å². The number of likely N-dealkylation sites (N-methyl/N-ethyl adjacent to an activating group) is 1. The summed E-state index contributed by atoms with van der Waals surface area (Å²) in [6.45, 7) is 6.49. The maximum Gasteiger partial charge on any atom is 0.0857 e. The largest absolute Gasteiger partial charge is 0.312 e. The third-order valence-electron chi connectivity index (χ3n) is 3.27. The summed E-state index contributed by atoms with van der Waals surface area (Å²) < 4.78 is 4.14. The van der Waals surface area contributed by atoms with Gasteiger partial charge in [0.15, 0.2) is 0 Å². The smallest absolute Gasteiger partial charge is 0.0857 e. The normalized spacial score (nSPS) is 13.4. The Morgan fingerprint density at radius 1 is 1.30 bits per heavy atom. The molecule has 2 aromatic rings. The van der Waals surface area contributed by atoms with E-state index in [4.69, 9.17) is 11.6 Å². The molecule has 1 atom stereocenters. The quantitative estimate of drug-likeness (QED) is 0.928. The number of rotatable bonds is 4. The molecule has 0 radical (unpaired) electrons. The molecule has 1 aromatic heterocycles. The van der Waals surface area contributed by atoms with Gasteiger partial charge in [-0.3, -0.25) is 0 Å². The number of benzene rings is 1. The lowest BCUT2D eigenvalue weighted by Crippen LogP contribution is -2.23. The van der Waals surface area contributed by atoms with Gasteiger partial charge in [0, 0.05) is 16.5 Å². The molecule has 0 saturated heterocycles. The molecule has 0 amide bonds. The van der Waals surface area contributed by atoms with E-state index in [1.165, 1.54) is 16.4 Å². The third kappa shape index (κ3) is 3.37. The summed E-state index contributed by atoms with van der Waals surface area (Å²) in [5.74, 6) is 0. The number of hydrogen-bond donors (Lipinski definition) is 1. The van der Waals surface area contributed by atoms with Gasteiger partial charge >= 0.3 is 0 Å². The van der Waals surface area contributed by atoms with E-state index in [-0.39, 0.29) is 11.5 Å². The maximum atomic E-state index is 6.26. The molecule has 1 aromatic carbocycles. The highest BCUT2D eigenvalue weighted by molar-refractivity contribution is 7.05. The zero-order valence-electron chi connectivity index (χ0n) is 12.3. The first-order valence-corrected chi connectivity index (χ1v) is 7.82. The van der Waals surface area contributed by atoms with Crippen molar-refractivity contribution in [3.63, 3.8) is 0 Å². The van der Waals surface area contributed by atoms with Crippen LogP contribution in [0.5, 0.6) is 0 Å². The monoisotopic (exact) mass is 309 g/mol. The van der Waals surface area contributed by atoms with E-state index < -0.39 is 0 Å². The summed E-state index contributed by atoms with van der Waals surface area (Å²) in [4.78, 5) is 1.19. The molecule has 0 saturated carbocycles. The molecule has 0 bridgehead atoms. The van der Waals surface area contributed by atoms with Crippen molar-refractivity contribution in [3.8, 4) is 0 Å². The Kier molecular flexibility index (Phi) is 4.78. The molecule has 20 heavy (non-hydrogen) atoms. The summed E-state index contributed by atoms with van der Waals surface area (Å²) in [6, 6.07) is 8.15. The minimum Gasteiger partial charge on any atom is -0.312 e. The molecule has 0 aliphatic carbocycles. The highest BCUT2D eigenvalue weighted by atomic mass is 35.5. The first-order valence-electron chi connectivity index (χ1n) is 6.67. The maximum absolute atomic E-state index is 6.26. The minimum absolute atomic E-state index is 0.00207. The van der Waals surface area contributed by atoms with Crippen molar-refractivity contribution in [1.82, 2.24) is 14.9 Å². The van der Waals surface area contributed by atoms with Gasteiger partial charge in [0.05, 0.1) is 10.6 Å². The second-order valence-corrected chi connectivity index (χ2v) is 7.07. The number of nitrogens with zero attached hydrogens (tertiary/aromatic N) is 2. The second kappa shape index (κ2) is 6.20. The van der Waals surface area contributed by atoms with E-state index in [1.807, 2.05) is 25.2 Å². The lowest BCUT2D eigenvalue weighted by atomic mass is 9.89. The Morgan fingerprint density at radius 3 is 2.60 bits per heavy atom. The molecular weight excluding hydrogens is 290 g/mol. The van der Waals surface area contributed by atoms with E-state index in [9.17, 15) is 0 Å². The molecule has 1 unspecified atom stereocenters. The van der Waals surface area contributed by atoms with Crippen LogP contribution in [-0.4, -0.2) is 16.6 Å². The van der Waals surface area contributed by atoms with Gasteiger partial charge in [-0.25, -0.2) is 0 Å². The lowest BCUT2D eigenvalue weighted by molar-refractivity contribution is 0.530. The Labute approximate surface area is 129 Å². The molecule has 3 nitrogen and oxygen atoms in total. The number of halogens is 1. The SMILES string of the molecule is CNC(Cc1ccccc1Cl)c1snnc1C(C)(C)C. The number of hydrogen-bond acceptors (Lipinski definition) is 4. The summed E-state index contributed by atoms with van der Waals surface area (Å²) in [5.41, 5.74) is 2.20. The van der Waals surface area contributed by atoms with E-state index in [1.54, 1.807) is 0 Å². The van der Waals surface area contributed by atoms with E-state index in [0.717, 1.165) is 22.7 Å². The summed E-state index contributed by atoms with van der Waals surface area (Å²) in [6.07, 6.45) is 0.836. The molecule has 0 fully saturated rings. The van der Waals surface area contributed by atoms with Gasteiger partial charge < -0.3 is 5.32 Å². The van der Waals surface area contributed by atoms with Gasteiger partial charge in [-0.05, 0) is 36.6 Å². The fraction of sp³-hybridized carbons (Fsp3) is 0.467. The Morgan fingerprint density at radius 2 is 2.00 bits per heavy atom. The zero-order valence-corrected chi connectivity index (χ0v) is 13.8. The molecule has 1 N–H and O–H groups in total. The summed E-state index contributed by atoms with van der Waals surface area (Å²) >= 11 is 7.73.